The molecule has 1 aliphatic heterocycles. The van der Waals surface area contributed by atoms with E-state index in [1.165, 1.54) is 25.2 Å². The molecule has 5 aromatic rings. The molecular weight excluding hydrogens is 771 g/mol. The van der Waals surface area contributed by atoms with Gasteiger partial charge in [0.25, 0.3) is 17.7 Å². The van der Waals surface area contributed by atoms with Crippen molar-refractivity contribution >= 4 is 57.6 Å². The highest BCUT2D eigenvalue weighted by Crippen LogP contribution is 2.30. The van der Waals surface area contributed by atoms with Gasteiger partial charge in [0.05, 0.1) is 18.8 Å². The van der Waals surface area contributed by atoms with Crippen molar-refractivity contribution < 1.29 is 43.0 Å². The number of aldehydes is 1. The molecule has 3 aromatic heterocycles. The molecule has 0 saturated carbocycles. The lowest BCUT2D eigenvalue weighted by Crippen LogP contribution is -2.53. The average molecular weight is 820 g/mol. The molecular formula is C44H49N7O9. The van der Waals surface area contributed by atoms with Crippen LogP contribution in [0.3, 0.4) is 0 Å². The first-order chi connectivity index (χ1) is 28.6. The minimum absolute atomic E-state index is 0.00254. The third-order valence-electron chi connectivity index (χ3n) is 10.1. The van der Waals surface area contributed by atoms with Crippen LogP contribution in [-0.2, 0) is 23.9 Å². The van der Waals surface area contributed by atoms with Gasteiger partial charge in [0, 0.05) is 95.0 Å². The number of imide groups is 1. The molecule has 4 heterocycles. The van der Waals surface area contributed by atoms with Crippen molar-refractivity contribution in [2.45, 2.75) is 46.6 Å². The molecule has 1 atom stereocenters. The van der Waals surface area contributed by atoms with Gasteiger partial charge in [-0.25, -0.2) is 4.98 Å². The average Bonchev–Trinajstić information content (AvgIpc) is 3.61. The van der Waals surface area contributed by atoms with Crippen molar-refractivity contribution in [1.29, 1.82) is 0 Å². The van der Waals surface area contributed by atoms with Gasteiger partial charge in [-0.15, -0.1) is 0 Å². The van der Waals surface area contributed by atoms with Crippen molar-refractivity contribution in [3.05, 3.63) is 84.3 Å². The number of aromatic amines is 1. The van der Waals surface area contributed by atoms with Crippen LogP contribution in [0.5, 0.6) is 11.6 Å². The number of fused-ring (bicyclic) bond motifs is 3. The number of hydrogen-bond acceptors (Lipinski definition) is 11. The quantitative estimate of drug-likeness (QED) is 0.0726. The first-order valence-corrected chi connectivity index (χ1v) is 19.5. The molecule has 0 spiro atoms. The summed E-state index contributed by atoms with van der Waals surface area (Å²) >= 11 is 0. The number of benzene rings is 2. The number of pyridine rings is 2. The summed E-state index contributed by atoms with van der Waals surface area (Å²) in [7, 11) is 1.41. The Kier molecular flexibility index (Phi) is 13.2. The van der Waals surface area contributed by atoms with Gasteiger partial charge in [-0.2, -0.15) is 0 Å². The van der Waals surface area contributed by atoms with Crippen molar-refractivity contribution in [2.75, 3.05) is 46.6 Å². The number of carbonyl (C=O) groups excluding carboxylic acids is 6. The van der Waals surface area contributed by atoms with Crippen LogP contribution in [0.2, 0.25) is 0 Å². The number of rotatable bonds is 18. The fourth-order valence-corrected chi connectivity index (χ4v) is 6.69. The molecule has 0 aliphatic carbocycles. The zero-order valence-electron chi connectivity index (χ0n) is 34.3. The Bertz CT molecular complexity index is 2410. The summed E-state index contributed by atoms with van der Waals surface area (Å²) in [5.74, 6) is -2.12. The van der Waals surface area contributed by atoms with E-state index >= 15 is 0 Å². The first-order valence-electron chi connectivity index (χ1n) is 19.5. The maximum Gasteiger partial charge on any atom is 0.258 e. The number of aromatic nitrogens is 3. The highest BCUT2D eigenvalue weighted by atomic mass is 16.5. The molecule has 6 rings (SSSR count). The topological polar surface area (TPSA) is 211 Å². The number of likely N-dealkylation sites (N-methyl/N-ethyl adjacent to an activating group) is 1. The summed E-state index contributed by atoms with van der Waals surface area (Å²) in [6.07, 6.45) is 6.02. The van der Waals surface area contributed by atoms with Crippen LogP contribution in [0.15, 0.2) is 73.2 Å². The Morgan fingerprint density at radius 2 is 1.57 bits per heavy atom. The maximum atomic E-state index is 13.5. The smallest absolute Gasteiger partial charge is 0.258 e. The molecule has 16 nitrogen and oxygen atoms in total. The first kappa shape index (κ1) is 42.9. The van der Waals surface area contributed by atoms with Crippen molar-refractivity contribution in [3.63, 3.8) is 0 Å². The second-order valence-electron chi connectivity index (χ2n) is 16.4. The normalized spacial score (nSPS) is 14.4. The largest absolute Gasteiger partial charge is 0.483 e. The maximum absolute atomic E-state index is 13.5. The van der Waals surface area contributed by atoms with Gasteiger partial charge in [0.15, 0.2) is 19.5 Å². The molecule has 5 amide bonds. The van der Waals surface area contributed by atoms with Crippen molar-refractivity contribution in [2.24, 2.45) is 10.8 Å². The molecule has 0 bridgehead atoms. The highest BCUT2D eigenvalue weighted by molar-refractivity contribution is 6.08. The highest BCUT2D eigenvalue weighted by Gasteiger charge is 2.34. The Labute approximate surface area is 346 Å². The SMILES string of the molecule is CN(C(=O)c1c(C=O)cccc1OCC(=O)NCC(C)(C)COCC(C)(C)CNC(=O)COc1ccc(-c2ccc3c(c2)[nH]c2ccncc23)cn1)C1CCC(=O)NC1=O. The Morgan fingerprint density at radius 3 is 2.23 bits per heavy atom. The van der Waals surface area contributed by atoms with E-state index in [1.807, 2.05) is 52.1 Å². The predicted molar refractivity (Wildman–Crippen MR) is 222 cm³/mol. The van der Waals surface area contributed by atoms with E-state index in [1.54, 1.807) is 18.5 Å². The zero-order valence-corrected chi connectivity index (χ0v) is 34.3. The lowest BCUT2D eigenvalue weighted by Gasteiger charge is -2.30. The van der Waals surface area contributed by atoms with Crippen molar-refractivity contribution in [1.82, 2.24) is 35.8 Å². The second kappa shape index (κ2) is 18.5. The molecule has 0 radical (unpaired) electrons. The summed E-state index contributed by atoms with van der Waals surface area (Å²) in [5.41, 5.74) is 2.97. The van der Waals surface area contributed by atoms with Crippen LogP contribution < -0.4 is 25.4 Å². The molecule has 314 valence electrons. The van der Waals surface area contributed by atoms with Crippen molar-refractivity contribution in [3.8, 4) is 22.8 Å². The van der Waals surface area contributed by atoms with E-state index in [-0.39, 0.29) is 48.8 Å². The predicted octanol–water partition coefficient (Wildman–Crippen LogP) is 4.23. The number of H-pyrrole nitrogens is 1. The Hall–Kier alpha value is -6.68. The molecule has 60 heavy (non-hydrogen) atoms. The number of nitrogens with zero attached hydrogens (tertiary/aromatic N) is 3. The molecule has 1 fully saturated rings. The van der Waals surface area contributed by atoms with Gasteiger partial charge in [0.1, 0.15) is 11.8 Å². The minimum Gasteiger partial charge on any atom is -0.483 e. The summed E-state index contributed by atoms with van der Waals surface area (Å²) < 4.78 is 17.4. The lowest BCUT2D eigenvalue weighted by atomic mass is 9.93. The molecule has 1 aliphatic rings. The Balaban J connectivity index is 0.900. The fraction of sp³-hybridized carbons (Fsp3) is 0.364. The number of carbonyl (C=O) groups is 6. The van der Waals surface area contributed by atoms with Gasteiger partial charge in [0.2, 0.25) is 17.7 Å². The number of ether oxygens (including phenoxy) is 3. The number of piperidine rings is 1. The third kappa shape index (κ3) is 10.7. The Morgan fingerprint density at radius 1 is 0.867 bits per heavy atom. The van der Waals surface area contributed by atoms with Crippen LogP contribution in [-0.4, -0.2) is 108 Å². The van der Waals surface area contributed by atoms with E-state index in [0.717, 1.165) is 37.8 Å². The summed E-state index contributed by atoms with van der Waals surface area (Å²) in [5, 5.41) is 10.1. The van der Waals surface area contributed by atoms with Gasteiger partial charge in [-0.1, -0.05) is 52.0 Å². The van der Waals surface area contributed by atoms with Gasteiger partial charge in [-0.3, -0.25) is 39.1 Å². The third-order valence-corrected chi connectivity index (χ3v) is 10.1. The number of hydrogen-bond donors (Lipinski definition) is 4. The van der Waals surface area contributed by atoms with Crippen LogP contribution >= 0.6 is 0 Å². The van der Waals surface area contributed by atoms with Gasteiger partial charge < -0.3 is 34.7 Å². The molecule has 1 saturated heterocycles. The van der Waals surface area contributed by atoms with Crippen LogP contribution in [0, 0.1) is 10.8 Å². The lowest BCUT2D eigenvalue weighted by molar-refractivity contribution is -0.136. The molecule has 2 aromatic carbocycles. The van der Waals surface area contributed by atoms with Crippen LogP contribution in [0.25, 0.3) is 32.9 Å². The molecule has 1 unspecified atom stereocenters. The summed E-state index contributed by atoms with van der Waals surface area (Å²) in [4.78, 5) is 88.0. The van der Waals surface area contributed by atoms with Gasteiger partial charge >= 0.3 is 0 Å². The van der Waals surface area contributed by atoms with E-state index in [0.29, 0.717) is 31.9 Å². The van der Waals surface area contributed by atoms with E-state index in [2.05, 4.69) is 43.0 Å². The summed E-state index contributed by atoms with van der Waals surface area (Å²) in [6.45, 7) is 8.35. The van der Waals surface area contributed by atoms with Crippen LogP contribution in [0.1, 0.15) is 61.3 Å². The fourth-order valence-electron chi connectivity index (χ4n) is 6.69. The number of amides is 5. The standard InChI is InChI=1S/C44H49N7O9/c1-43(2,23-47-37(54)21-59-35-8-6-7-29(20-52)40(35)42(57)51(5)34-12-13-36(53)50-41(34)56)25-58-26-44(3,4)24-48-38(55)22-60-39-14-10-28(18-46-39)27-9-11-30-31-19-45-16-15-32(31)49-33(30)17-27/h6-11,14-20,34,49H,12-13,21-26H2,1-5H3,(H,47,54)(H,48,55)(H,50,53,56). The van der Waals surface area contributed by atoms with E-state index in [4.69, 9.17) is 14.2 Å². The molecule has 16 heteroatoms. The van der Waals surface area contributed by atoms with E-state index < -0.39 is 47.1 Å². The minimum atomic E-state index is -0.911. The van der Waals surface area contributed by atoms with Gasteiger partial charge in [-0.05, 0) is 36.2 Å². The monoisotopic (exact) mass is 819 g/mol. The second-order valence-corrected chi connectivity index (χ2v) is 16.4. The summed E-state index contributed by atoms with van der Waals surface area (Å²) in [6, 6.07) is 15.2. The number of nitrogens with one attached hydrogen (secondary N) is 4. The molecule has 4 N–H and O–H groups in total. The zero-order chi connectivity index (χ0) is 43.0. The van der Waals surface area contributed by atoms with E-state index in [9.17, 15) is 28.8 Å². The van der Waals surface area contributed by atoms with Crippen LogP contribution in [0.4, 0.5) is 0 Å².